The van der Waals surface area contributed by atoms with Crippen molar-refractivity contribution in [2.24, 2.45) is 5.92 Å². The lowest BCUT2D eigenvalue weighted by Crippen LogP contribution is -2.37. The summed E-state index contributed by atoms with van der Waals surface area (Å²) in [7, 11) is 1.48. The largest absolute Gasteiger partial charge is 0.493 e. The van der Waals surface area contributed by atoms with Gasteiger partial charge in [-0.1, -0.05) is 60.7 Å². The number of anilines is 2. The van der Waals surface area contributed by atoms with Gasteiger partial charge >= 0.3 is 5.97 Å². The molecular formula is C31H24N2O6. The second-order valence-corrected chi connectivity index (χ2v) is 9.17. The summed E-state index contributed by atoms with van der Waals surface area (Å²) in [5.41, 5.74) is 2.26. The van der Waals surface area contributed by atoms with E-state index in [9.17, 15) is 14.4 Å². The van der Waals surface area contributed by atoms with Crippen LogP contribution < -0.4 is 19.4 Å². The predicted molar refractivity (Wildman–Crippen MR) is 143 cm³/mol. The number of hydrogen-bond acceptors (Lipinski definition) is 7. The van der Waals surface area contributed by atoms with Gasteiger partial charge in [0.05, 0.1) is 30.1 Å². The third-order valence-electron chi connectivity index (χ3n) is 6.88. The molecular weight excluding hydrogens is 496 g/mol. The Hall–Kier alpha value is -4.95. The second-order valence-electron chi connectivity index (χ2n) is 9.17. The van der Waals surface area contributed by atoms with E-state index in [1.165, 1.54) is 12.0 Å². The van der Waals surface area contributed by atoms with Crippen molar-refractivity contribution in [3.8, 4) is 11.5 Å². The molecule has 3 atom stereocenters. The number of para-hydroxylation sites is 2. The molecule has 0 saturated carbocycles. The lowest BCUT2D eigenvalue weighted by molar-refractivity contribution is -0.126. The Morgan fingerprint density at radius 1 is 0.744 bits per heavy atom. The molecule has 2 heterocycles. The second kappa shape index (κ2) is 10.1. The Labute approximate surface area is 224 Å². The third kappa shape index (κ3) is 4.30. The van der Waals surface area contributed by atoms with Crippen LogP contribution in [-0.2, 0) is 14.4 Å². The van der Waals surface area contributed by atoms with Crippen molar-refractivity contribution >= 4 is 29.2 Å². The Morgan fingerprint density at radius 2 is 1.36 bits per heavy atom. The smallest absolute Gasteiger partial charge is 0.343 e. The Kier molecular flexibility index (Phi) is 6.30. The number of hydroxylamine groups is 1. The van der Waals surface area contributed by atoms with Crippen molar-refractivity contribution in [3.05, 3.63) is 120 Å². The van der Waals surface area contributed by atoms with E-state index in [0.29, 0.717) is 28.3 Å². The van der Waals surface area contributed by atoms with Gasteiger partial charge < -0.3 is 9.47 Å². The fourth-order valence-corrected chi connectivity index (χ4v) is 5.07. The van der Waals surface area contributed by atoms with Crippen molar-refractivity contribution in [3.63, 3.8) is 0 Å². The summed E-state index contributed by atoms with van der Waals surface area (Å²) in [6.07, 6.45) is -0.996. The minimum atomic E-state index is -0.996. The number of nitrogens with zero attached hydrogens (tertiary/aromatic N) is 2. The van der Waals surface area contributed by atoms with Crippen LogP contribution in [0.5, 0.6) is 11.5 Å². The van der Waals surface area contributed by atoms with Crippen LogP contribution >= 0.6 is 0 Å². The standard InChI is InChI=1S/C31H24N2O6/c1-37-25-19-21(17-18-24(25)38-31(36)20-11-5-2-6-12-20)27-26-28(39-33(27)23-15-9-4-10-16-23)30(35)32(29(26)34)22-13-7-3-8-14-22/h2-19,26-28H,1H3/t26-,27+,28-/m1/s1. The molecule has 0 spiro atoms. The highest BCUT2D eigenvalue weighted by Crippen LogP contribution is 2.48. The molecule has 2 amide bonds. The number of fused-ring (bicyclic) bond motifs is 1. The lowest BCUT2D eigenvalue weighted by atomic mass is 9.90. The topological polar surface area (TPSA) is 85.4 Å². The van der Waals surface area contributed by atoms with Gasteiger partial charge in [-0.25, -0.2) is 14.8 Å². The van der Waals surface area contributed by atoms with E-state index < -0.39 is 29.9 Å². The predicted octanol–water partition coefficient (Wildman–Crippen LogP) is 4.97. The number of hydrogen-bond donors (Lipinski definition) is 0. The SMILES string of the molecule is COc1cc([C@H]2[C@H]3C(=O)N(c4ccccc4)C(=O)[C@@H]3ON2c2ccccc2)ccc1OC(=O)c1ccccc1. The van der Waals surface area contributed by atoms with Crippen LogP contribution in [0.25, 0.3) is 0 Å². The quantitative estimate of drug-likeness (QED) is 0.202. The minimum Gasteiger partial charge on any atom is -0.493 e. The van der Waals surface area contributed by atoms with Crippen molar-refractivity contribution in [2.75, 3.05) is 17.1 Å². The molecule has 0 unspecified atom stereocenters. The summed E-state index contributed by atoms with van der Waals surface area (Å²) < 4.78 is 11.2. The molecule has 2 saturated heterocycles. The molecule has 8 nitrogen and oxygen atoms in total. The molecule has 2 aliphatic rings. The van der Waals surface area contributed by atoms with E-state index in [-0.39, 0.29) is 11.7 Å². The zero-order chi connectivity index (χ0) is 26.9. The number of methoxy groups -OCH3 is 1. The van der Waals surface area contributed by atoms with Gasteiger partial charge in [0.25, 0.3) is 5.91 Å². The first kappa shape index (κ1) is 24.4. The maximum atomic E-state index is 13.8. The zero-order valence-corrected chi connectivity index (χ0v) is 21.0. The van der Waals surface area contributed by atoms with Crippen molar-refractivity contribution < 1.29 is 28.7 Å². The van der Waals surface area contributed by atoms with Gasteiger partial charge in [0.15, 0.2) is 17.6 Å². The van der Waals surface area contributed by atoms with Gasteiger partial charge in [-0.3, -0.25) is 14.4 Å². The van der Waals surface area contributed by atoms with Crippen molar-refractivity contribution in [1.29, 1.82) is 0 Å². The van der Waals surface area contributed by atoms with E-state index in [0.717, 1.165) is 0 Å². The summed E-state index contributed by atoms with van der Waals surface area (Å²) in [6.45, 7) is 0. The van der Waals surface area contributed by atoms with Crippen LogP contribution in [0.2, 0.25) is 0 Å². The van der Waals surface area contributed by atoms with E-state index in [1.54, 1.807) is 71.8 Å². The summed E-state index contributed by atoms with van der Waals surface area (Å²) in [5.74, 6) is -1.55. The van der Waals surface area contributed by atoms with Crippen LogP contribution in [-0.4, -0.2) is 31.0 Å². The van der Waals surface area contributed by atoms with Gasteiger partial charge in [-0.2, -0.15) is 0 Å². The monoisotopic (exact) mass is 520 g/mol. The Morgan fingerprint density at radius 3 is 2.00 bits per heavy atom. The average Bonchev–Trinajstić information content (AvgIpc) is 3.50. The van der Waals surface area contributed by atoms with Gasteiger partial charge in [0.2, 0.25) is 5.91 Å². The maximum absolute atomic E-state index is 13.8. The zero-order valence-electron chi connectivity index (χ0n) is 21.0. The summed E-state index contributed by atoms with van der Waals surface area (Å²) in [4.78, 5) is 47.3. The number of carbonyl (C=O) groups excluding carboxylic acids is 3. The number of amides is 2. The Bertz CT molecular complexity index is 1530. The molecule has 8 heteroatoms. The molecule has 2 fully saturated rings. The molecule has 0 N–H and O–H groups in total. The van der Waals surface area contributed by atoms with Crippen LogP contribution in [0.1, 0.15) is 22.0 Å². The van der Waals surface area contributed by atoms with Gasteiger partial charge in [-0.05, 0) is 54.1 Å². The number of rotatable bonds is 6. The minimum absolute atomic E-state index is 0.233. The third-order valence-corrected chi connectivity index (χ3v) is 6.88. The first-order chi connectivity index (χ1) is 19.1. The van der Waals surface area contributed by atoms with Gasteiger partial charge in [0.1, 0.15) is 5.92 Å². The molecule has 6 rings (SSSR count). The van der Waals surface area contributed by atoms with E-state index in [2.05, 4.69) is 0 Å². The average molecular weight is 521 g/mol. The number of ether oxygens (including phenoxy) is 2. The molecule has 2 aliphatic heterocycles. The molecule has 0 bridgehead atoms. The first-order valence-corrected chi connectivity index (χ1v) is 12.5. The normalized spacial score (nSPS) is 20.2. The summed E-state index contributed by atoms with van der Waals surface area (Å²) in [6, 6.07) is 31.2. The van der Waals surface area contributed by atoms with Crippen LogP contribution in [0.4, 0.5) is 11.4 Å². The van der Waals surface area contributed by atoms with Crippen LogP contribution in [0.3, 0.4) is 0 Å². The van der Waals surface area contributed by atoms with Crippen LogP contribution in [0, 0.1) is 5.92 Å². The molecule has 0 aliphatic carbocycles. The molecule has 0 radical (unpaired) electrons. The molecule has 39 heavy (non-hydrogen) atoms. The summed E-state index contributed by atoms with van der Waals surface area (Å²) in [5, 5.41) is 1.61. The number of carbonyl (C=O) groups is 3. The van der Waals surface area contributed by atoms with Gasteiger partial charge in [-0.15, -0.1) is 0 Å². The summed E-state index contributed by atoms with van der Waals surface area (Å²) >= 11 is 0. The fourth-order valence-electron chi connectivity index (χ4n) is 5.07. The fraction of sp³-hybridized carbons (Fsp3) is 0.129. The van der Waals surface area contributed by atoms with Gasteiger partial charge in [0, 0.05) is 0 Å². The number of imide groups is 1. The maximum Gasteiger partial charge on any atom is 0.343 e. The molecule has 194 valence electrons. The Balaban J connectivity index is 1.38. The van der Waals surface area contributed by atoms with Crippen molar-refractivity contribution in [1.82, 2.24) is 0 Å². The van der Waals surface area contributed by atoms with Crippen LogP contribution in [0.15, 0.2) is 109 Å². The molecule has 4 aromatic rings. The first-order valence-electron chi connectivity index (χ1n) is 12.5. The highest BCUT2D eigenvalue weighted by molar-refractivity contribution is 6.23. The highest BCUT2D eigenvalue weighted by atomic mass is 16.7. The highest BCUT2D eigenvalue weighted by Gasteiger charge is 2.60. The number of benzene rings is 4. The lowest BCUT2D eigenvalue weighted by Gasteiger charge is -2.29. The van der Waals surface area contributed by atoms with E-state index in [4.69, 9.17) is 14.3 Å². The number of esters is 1. The molecule has 0 aromatic heterocycles. The van der Waals surface area contributed by atoms with Crippen molar-refractivity contribution in [2.45, 2.75) is 12.1 Å². The van der Waals surface area contributed by atoms with E-state index in [1.807, 2.05) is 42.5 Å². The van der Waals surface area contributed by atoms with E-state index >= 15 is 0 Å². The molecule has 4 aromatic carbocycles.